The summed E-state index contributed by atoms with van der Waals surface area (Å²) in [7, 11) is -3.63. The van der Waals surface area contributed by atoms with Gasteiger partial charge < -0.3 is 4.74 Å². The molecule has 2 N–H and O–H groups in total. The second kappa shape index (κ2) is 10.4. The molecule has 1 heterocycles. The summed E-state index contributed by atoms with van der Waals surface area (Å²) in [6, 6.07) is 12.4. The highest BCUT2D eigenvalue weighted by Gasteiger charge is 2.27. The van der Waals surface area contributed by atoms with E-state index >= 15 is 0 Å². The standard InChI is InChI=1S/C22H27N3O5S/c1-2-3-15-30-19-11-9-17(10-12-19)21(26)23-24-22(27)18-7-6-8-20(16-18)31(28,29)25-13-4-5-14-25/h6-12,16H,2-5,13-15H2,1H3,(H,23,26)(H,24,27). The molecule has 3 rings (SSSR count). The van der Waals surface area contributed by atoms with E-state index in [0.29, 0.717) is 31.0 Å². The Labute approximate surface area is 182 Å². The molecule has 0 bridgehead atoms. The molecule has 0 aromatic heterocycles. The lowest BCUT2D eigenvalue weighted by Gasteiger charge is -2.16. The second-order valence-electron chi connectivity index (χ2n) is 7.27. The van der Waals surface area contributed by atoms with Crippen LogP contribution >= 0.6 is 0 Å². The number of sulfonamides is 1. The molecule has 0 atom stereocenters. The molecule has 1 aliphatic rings. The maximum absolute atomic E-state index is 12.7. The Bertz CT molecular complexity index is 1020. The fourth-order valence-corrected chi connectivity index (χ4v) is 4.73. The number of benzene rings is 2. The number of carbonyl (C=O) groups is 2. The summed E-state index contributed by atoms with van der Waals surface area (Å²) in [5.41, 5.74) is 5.16. The van der Waals surface area contributed by atoms with Crippen LogP contribution in [0.2, 0.25) is 0 Å². The van der Waals surface area contributed by atoms with Crippen molar-refractivity contribution in [2.45, 2.75) is 37.5 Å². The van der Waals surface area contributed by atoms with Gasteiger partial charge in [0.15, 0.2) is 0 Å². The van der Waals surface area contributed by atoms with Crippen molar-refractivity contribution in [1.82, 2.24) is 15.2 Å². The summed E-state index contributed by atoms with van der Waals surface area (Å²) >= 11 is 0. The number of nitrogens with one attached hydrogen (secondary N) is 2. The minimum Gasteiger partial charge on any atom is -0.494 e. The SMILES string of the molecule is CCCCOc1ccc(C(=O)NNC(=O)c2cccc(S(=O)(=O)N3CCCC3)c2)cc1. The van der Waals surface area contributed by atoms with E-state index < -0.39 is 21.8 Å². The maximum Gasteiger partial charge on any atom is 0.269 e. The van der Waals surface area contributed by atoms with Crippen LogP contribution in [0.1, 0.15) is 53.3 Å². The van der Waals surface area contributed by atoms with Crippen molar-refractivity contribution in [2.24, 2.45) is 0 Å². The van der Waals surface area contributed by atoms with E-state index in [0.717, 1.165) is 25.7 Å². The van der Waals surface area contributed by atoms with Crippen LogP contribution in [0.4, 0.5) is 0 Å². The van der Waals surface area contributed by atoms with Gasteiger partial charge in [0, 0.05) is 24.2 Å². The Morgan fingerprint density at radius 2 is 1.61 bits per heavy atom. The fourth-order valence-electron chi connectivity index (χ4n) is 3.17. The first-order valence-corrected chi connectivity index (χ1v) is 11.8. The predicted octanol–water partition coefficient (Wildman–Crippen LogP) is 2.72. The first-order chi connectivity index (χ1) is 14.9. The summed E-state index contributed by atoms with van der Waals surface area (Å²) in [4.78, 5) is 24.8. The molecule has 1 fully saturated rings. The second-order valence-corrected chi connectivity index (χ2v) is 9.21. The average molecular weight is 446 g/mol. The van der Waals surface area contributed by atoms with Gasteiger partial charge in [0.25, 0.3) is 11.8 Å². The van der Waals surface area contributed by atoms with Crippen molar-refractivity contribution in [3.8, 4) is 5.75 Å². The highest BCUT2D eigenvalue weighted by molar-refractivity contribution is 7.89. The minimum atomic E-state index is -3.63. The van der Waals surface area contributed by atoms with E-state index in [1.807, 2.05) is 0 Å². The highest BCUT2D eigenvalue weighted by Crippen LogP contribution is 2.21. The molecule has 8 nitrogen and oxygen atoms in total. The Hall–Kier alpha value is -2.91. The van der Waals surface area contributed by atoms with Crippen molar-refractivity contribution in [2.75, 3.05) is 19.7 Å². The largest absolute Gasteiger partial charge is 0.494 e. The van der Waals surface area contributed by atoms with Gasteiger partial charge in [0.2, 0.25) is 10.0 Å². The molecule has 166 valence electrons. The summed E-state index contributed by atoms with van der Waals surface area (Å²) in [5.74, 6) is -0.425. The predicted molar refractivity (Wildman–Crippen MR) is 116 cm³/mol. The summed E-state index contributed by atoms with van der Waals surface area (Å²) in [5, 5.41) is 0. The number of hydrogen-bond acceptors (Lipinski definition) is 5. The zero-order valence-corrected chi connectivity index (χ0v) is 18.3. The molecule has 1 aliphatic heterocycles. The molecule has 0 aliphatic carbocycles. The van der Waals surface area contributed by atoms with Crippen molar-refractivity contribution in [3.63, 3.8) is 0 Å². The van der Waals surface area contributed by atoms with Crippen LogP contribution in [0.3, 0.4) is 0 Å². The average Bonchev–Trinajstić information content (AvgIpc) is 3.34. The lowest BCUT2D eigenvalue weighted by molar-refractivity contribution is 0.0846. The molecular weight excluding hydrogens is 418 g/mol. The molecule has 9 heteroatoms. The van der Waals surface area contributed by atoms with Crippen LogP contribution < -0.4 is 15.6 Å². The van der Waals surface area contributed by atoms with Gasteiger partial charge in [-0.3, -0.25) is 20.4 Å². The van der Waals surface area contributed by atoms with Gasteiger partial charge in [0.05, 0.1) is 11.5 Å². The van der Waals surface area contributed by atoms with Crippen LogP contribution in [0.25, 0.3) is 0 Å². The normalized spacial score (nSPS) is 14.2. The Morgan fingerprint density at radius 1 is 0.968 bits per heavy atom. The topological polar surface area (TPSA) is 105 Å². The maximum atomic E-state index is 12.7. The Morgan fingerprint density at radius 3 is 2.26 bits per heavy atom. The highest BCUT2D eigenvalue weighted by atomic mass is 32.2. The number of carbonyl (C=O) groups excluding carboxylic acids is 2. The molecule has 0 spiro atoms. The molecule has 1 saturated heterocycles. The first kappa shape index (κ1) is 22.8. The molecule has 0 unspecified atom stereocenters. The lowest BCUT2D eigenvalue weighted by atomic mass is 10.2. The molecule has 2 amide bonds. The Balaban J connectivity index is 1.58. The van der Waals surface area contributed by atoms with Crippen LogP contribution in [-0.2, 0) is 10.0 Å². The van der Waals surface area contributed by atoms with Crippen molar-refractivity contribution >= 4 is 21.8 Å². The van der Waals surface area contributed by atoms with E-state index in [1.54, 1.807) is 24.3 Å². The number of nitrogens with zero attached hydrogens (tertiary/aromatic N) is 1. The van der Waals surface area contributed by atoms with Gasteiger partial charge in [-0.15, -0.1) is 0 Å². The van der Waals surface area contributed by atoms with Gasteiger partial charge >= 0.3 is 0 Å². The van der Waals surface area contributed by atoms with Crippen LogP contribution in [0, 0.1) is 0 Å². The fraction of sp³-hybridized carbons (Fsp3) is 0.364. The van der Waals surface area contributed by atoms with E-state index in [4.69, 9.17) is 4.74 Å². The molecular formula is C22H27N3O5S. The van der Waals surface area contributed by atoms with Crippen LogP contribution in [-0.4, -0.2) is 44.2 Å². The van der Waals surface area contributed by atoms with Gasteiger partial charge in [-0.1, -0.05) is 19.4 Å². The van der Waals surface area contributed by atoms with Gasteiger partial charge in [-0.05, 0) is 61.7 Å². The number of amides is 2. The Kier molecular flexibility index (Phi) is 7.64. The third-order valence-electron chi connectivity index (χ3n) is 4.97. The van der Waals surface area contributed by atoms with E-state index in [9.17, 15) is 18.0 Å². The van der Waals surface area contributed by atoms with Gasteiger partial charge in [-0.2, -0.15) is 4.31 Å². The zero-order valence-electron chi connectivity index (χ0n) is 17.5. The monoisotopic (exact) mass is 445 g/mol. The number of hydrazine groups is 1. The molecule has 0 saturated carbocycles. The van der Waals surface area contributed by atoms with E-state index in [1.165, 1.54) is 28.6 Å². The van der Waals surface area contributed by atoms with Crippen molar-refractivity contribution in [1.29, 1.82) is 0 Å². The third-order valence-corrected chi connectivity index (χ3v) is 6.87. The quantitative estimate of drug-likeness (QED) is 0.480. The van der Waals surface area contributed by atoms with Crippen molar-refractivity contribution in [3.05, 3.63) is 59.7 Å². The first-order valence-electron chi connectivity index (χ1n) is 10.4. The third kappa shape index (κ3) is 5.83. The zero-order chi connectivity index (χ0) is 22.3. The molecule has 0 radical (unpaired) electrons. The summed E-state index contributed by atoms with van der Waals surface area (Å²) in [6.45, 7) is 3.66. The van der Waals surface area contributed by atoms with Crippen molar-refractivity contribution < 1.29 is 22.7 Å². The molecule has 2 aromatic rings. The smallest absolute Gasteiger partial charge is 0.269 e. The molecule has 31 heavy (non-hydrogen) atoms. The van der Waals surface area contributed by atoms with E-state index in [-0.39, 0.29) is 10.5 Å². The van der Waals surface area contributed by atoms with Gasteiger partial charge in [-0.25, -0.2) is 8.42 Å². The summed E-state index contributed by atoms with van der Waals surface area (Å²) < 4.78 is 32.3. The molecule has 2 aromatic carbocycles. The lowest BCUT2D eigenvalue weighted by Crippen LogP contribution is -2.41. The van der Waals surface area contributed by atoms with Crippen LogP contribution in [0.15, 0.2) is 53.4 Å². The minimum absolute atomic E-state index is 0.0621. The number of hydrogen-bond donors (Lipinski definition) is 2. The van der Waals surface area contributed by atoms with Crippen LogP contribution in [0.5, 0.6) is 5.75 Å². The van der Waals surface area contributed by atoms with E-state index in [2.05, 4.69) is 17.8 Å². The number of unbranched alkanes of at least 4 members (excludes halogenated alkanes) is 1. The summed E-state index contributed by atoms with van der Waals surface area (Å²) in [6.07, 6.45) is 3.65. The number of ether oxygens (including phenoxy) is 1. The van der Waals surface area contributed by atoms with Gasteiger partial charge in [0.1, 0.15) is 5.75 Å². The number of rotatable bonds is 8.